The Labute approximate surface area is 115 Å². The number of aryl methyl sites for hydroxylation is 1. The quantitative estimate of drug-likeness (QED) is 0.755. The van der Waals surface area contributed by atoms with Gasteiger partial charge in [0.15, 0.2) is 0 Å². The van der Waals surface area contributed by atoms with Crippen LogP contribution in [0.3, 0.4) is 0 Å². The molecule has 1 unspecified atom stereocenters. The van der Waals surface area contributed by atoms with Crippen molar-refractivity contribution in [2.24, 2.45) is 5.73 Å². The van der Waals surface area contributed by atoms with Crippen LogP contribution in [0.25, 0.3) is 0 Å². The fraction of sp³-hybridized carbons (Fsp3) is 0.533. The van der Waals surface area contributed by atoms with Crippen molar-refractivity contribution in [1.29, 1.82) is 0 Å². The summed E-state index contributed by atoms with van der Waals surface area (Å²) < 4.78 is 5.54. The molecule has 4 heteroatoms. The number of rotatable bonds is 8. The van der Waals surface area contributed by atoms with Crippen LogP contribution in [-0.4, -0.2) is 25.1 Å². The lowest BCUT2D eigenvalue weighted by Gasteiger charge is -2.13. The summed E-state index contributed by atoms with van der Waals surface area (Å²) in [6.45, 7) is 5.07. The van der Waals surface area contributed by atoms with E-state index in [-0.39, 0.29) is 11.9 Å². The van der Waals surface area contributed by atoms with Crippen molar-refractivity contribution >= 4 is 5.91 Å². The number of benzene rings is 1. The Morgan fingerprint density at radius 2 is 2.26 bits per heavy atom. The number of hydrogen-bond donors (Lipinski definition) is 2. The van der Waals surface area contributed by atoms with Crippen LogP contribution in [0.1, 0.15) is 31.7 Å². The Morgan fingerprint density at radius 3 is 2.95 bits per heavy atom. The fourth-order valence-electron chi connectivity index (χ4n) is 1.81. The molecular formula is C15H24N2O2. The highest BCUT2D eigenvalue weighted by atomic mass is 16.5. The molecule has 106 valence electrons. The largest absolute Gasteiger partial charge is 0.493 e. The Morgan fingerprint density at radius 1 is 1.47 bits per heavy atom. The topological polar surface area (TPSA) is 64.3 Å². The van der Waals surface area contributed by atoms with Crippen LogP contribution in [-0.2, 0) is 4.79 Å². The van der Waals surface area contributed by atoms with E-state index >= 15 is 0 Å². The molecule has 0 bridgehead atoms. The molecule has 1 rings (SSSR count). The van der Waals surface area contributed by atoms with Gasteiger partial charge in [0.1, 0.15) is 5.75 Å². The monoisotopic (exact) mass is 264 g/mol. The number of carbonyl (C=O) groups excluding carboxylic acids is 1. The highest BCUT2D eigenvalue weighted by Crippen LogP contribution is 2.12. The van der Waals surface area contributed by atoms with Gasteiger partial charge in [0, 0.05) is 6.04 Å². The summed E-state index contributed by atoms with van der Waals surface area (Å²) >= 11 is 0. The van der Waals surface area contributed by atoms with Crippen LogP contribution in [0.2, 0.25) is 0 Å². The molecule has 1 amide bonds. The SMILES string of the molecule is Cc1cccc(OCCC(=O)NC(C)CCCN)c1. The molecule has 0 saturated carbocycles. The molecule has 19 heavy (non-hydrogen) atoms. The molecule has 0 heterocycles. The first kappa shape index (κ1) is 15.5. The van der Waals surface area contributed by atoms with Gasteiger partial charge in [-0.05, 0) is 50.9 Å². The zero-order chi connectivity index (χ0) is 14.1. The van der Waals surface area contributed by atoms with E-state index in [1.165, 1.54) is 0 Å². The van der Waals surface area contributed by atoms with Crippen LogP contribution >= 0.6 is 0 Å². The summed E-state index contributed by atoms with van der Waals surface area (Å²) in [5.74, 6) is 0.834. The van der Waals surface area contributed by atoms with Crippen molar-refractivity contribution in [1.82, 2.24) is 5.32 Å². The molecule has 4 nitrogen and oxygen atoms in total. The van der Waals surface area contributed by atoms with Crippen LogP contribution in [0.4, 0.5) is 0 Å². The number of nitrogens with one attached hydrogen (secondary N) is 1. The van der Waals surface area contributed by atoms with Gasteiger partial charge in [0.25, 0.3) is 0 Å². The maximum atomic E-state index is 11.7. The average Bonchev–Trinajstić information content (AvgIpc) is 2.36. The predicted molar refractivity (Wildman–Crippen MR) is 77.2 cm³/mol. The van der Waals surface area contributed by atoms with Gasteiger partial charge < -0.3 is 15.8 Å². The molecule has 0 fully saturated rings. The molecule has 0 saturated heterocycles. The predicted octanol–water partition coefficient (Wildman–Crippen LogP) is 2.01. The third kappa shape index (κ3) is 6.82. The van der Waals surface area contributed by atoms with Crippen molar-refractivity contribution in [3.8, 4) is 5.75 Å². The van der Waals surface area contributed by atoms with Crippen LogP contribution in [0, 0.1) is 6.92 Å². The van der Waals surface area contributed by atoms with E-state index < -0.39 is 0 Å². The van der Waals surface area contributed by atoms with E-state index in [4.69, 9.17) is 10.5 Å². The Kier molecular flexibility index (Phi) is 6.97. The molecule has 1 atom stereocenters. The highest BCUT2D eigenvalue weighted by Gasteiger charge is 2.07. The summed E-state index contributed by atoms with van der Waals surface area (Å²) in [5, 5.41) is 2.94. The number of ether oxygens (including phenoxy) is 1. The first-order valence-corrected chi connectivity index (χ1v) is 6.80. The second kappa shape index (κ2) is 8.53. The van der Waals surface area contributed by atoms with Gasteiger partial charge in [-0.1, -0.05) is 12.1 Å². The van der Waals surface area contributed by atoms with E-state index in [9.17, 15) is 4.79 Å². The smallest absolute Gasteiger partial charge is 0.223 e. The zero-order valence-corrected chi connectivity index (χ0v) is 11.8. The zero-order valence-electron chi connectivity index (χ0n) is 11.8. The lowest BCUT2D eigenvalue weighted by atomic mass is 10.2. The number of amides is 1. The molecule has 0 aliphatic heterocycles. The van der Waals surface area contributed by atoms with Gasteiger partial charge in [-0.25, -0.2) is 0 Å². The molecule has 1 aromatic rings. The van der Waals surface area contributed by atoms with Crippen molar-refractivity contribution in [3.05, 3.63) is 29.8 Å². The van der Waals surface area contributed by atoms with Crippen molar-refractivity contribution < 1.29 is 9.53 Å². The maximum absolute atomic E-state index is 11.7. The van der Waals surface area contributed by atoms with E-state index in [0.717, 1.165) is 24.2 Å². The van der Waals surface area contributed by atoms with Crippen molar-refractivity contribution in [2.75, 3.05) is 13.2 Å². The van der Waals surface area contributed by atoms with Crippen LogP contribution in [0.15, 0.2) is 24.3 Å². The normalized spacial score (nSPS) is 11.9. The minimum Gasteiger partial charge on any atom is -0.493 e. The lowest BCUT2D eigenvalue weighted by Crippen LogP contribution is -2.33. The number of nitrogens with two attached hydrogens (primary N) is 1. The standard InChI is InChI=1S/C15H24N2O2/c1-12-5-3-7-14(11-12)19-10-8-15(18)17-13(2)6-4-9-16/h3,5,7,11,13H,4,6,8-10,16H2,1-2H3,(H,17,18). The van der Waals surface area contributed by atoms with Gasteiger partial charge in [-0.15, -0.1) is 0 Å². The van der Waals surface area contributed by atoms with E-state index in [1.807, 2.05) is 38.1 Å². The summed E-state index contributed by atoms with van der Waals surface area (Å²) in [7, 11) is 0. The lowest BCUT2D eigenvalue weighted by molar-refractivity contribution is -0.122. The minimum absolute atomic E-state index is 0.0252. The molecule has 0 aliphatic rings. The van der Waals surface area contributed by atoms with Crippen LogP contribution in [0.5, 0.6) is 5.75 Å². The molecule has 0 aromatic heterocycles. The first-order chi connectivity index (χ1) is 9.11. The second-order valence-electron chi connectivity index (χ2n) is 4.81. The summed E-state index contributed by atoms with van der Waals surface area (Å²) in [6, 6.07) is 7.99. The Hall–Kier alpha value is -1.55. The highest BCUT2D eigenvalue weighted by molar-refractivity contribution is 5.76. The first-order valence-electron chi connectivity index (χ1n) is 6.80. The third-order valence-corrected chi connectivity index (χ3v) is 2.84. The molecule has 3 N–H and O–H groups in total. The summed E-state index contributed by atoms with van der Waals surface area (Å²) in [6.07, 6.45) is 2.23. The van der Waals surface area contributed by atoms with Gasteiger partial charge >= 0.3 is 0 Å². The number of hydrogen-bond acceptors (Lipinski definition) is 3. The van der Waals surface area contributed by atoms with Gasteiger partial charge in [0.2, 0.25) is 5.91 Å². The molecule has 0 aliphatic carbocycles. The maximum Gasteiger partial charge on any atom is 0.223 e. The van der Waals surface area contributed by atoms with E-state index in [2.05, 4.69) is 5.32 Å². The average molecular weight is 264 g/mol. The van der Waals surface area contributed by atoms with Crippen molar-refractivity contribution in [3.63, 3.8) is 0 Å². The molecule has 0 radical (unpaired) electrons. The number of carbonyl (C=O) groups is 1. The van der Waals surface area contributed by atoms with E-state index in [1.54, 1.807) is 0 Å². The fourth-order valence-corrected chi connectivity index (χ4v) is 1.81. The van der Waals surface area contributed by atoms with Crippen molar-refractivity contribution in [2.45, 2.75) is 39.2 Å². The molecule has 1 aromatic carbocycles. The van der Waals surface area contributed by atoms with E-state index in [0.29, 0.717) is 19.6 Å². The second-order valence-corrected chi connectivity index (χ2v) is 4.81. The molecular weight excluding hydrogens is 240 g/mol. The van der Waals surface area contributed by atoms with Gasteiger partial charge in [-0.2, -0.15) is 0 Å². The van der Waals surface area contributed by atoms with Crippen LogP contribution < -0.4 is 15.8 Å². The summed E-state index contributed by atoms with van der Waals surface area (Å²) in [5.41, 5.74) is 6.58. The third-order valence-electron chi connectivity index (χ3n) is 2.84. The molecule has 0 spiro atoms. The Balaban J connectivity index is 2.20. The van der Waals surface area contributed by atoms with Gasteiger partial charge in [0.05, 0.1) is 13.0 Å². The Bertz CT molecular complexity index is 393. The minimum atomic E-state index is 0.0252. The summed E-state index contributed by atoms with van der Waals surface area (Å²) in [4.78, 5) is 11.7. The van der Waals surface area contributed by atoms with Gasteiger partial charge in [-0.3, -0.25) is 4.79 Å².